The molecule has 0 saturated heterocycles. The summed E-state index contributed by atoms with van der Waals surface area (Å²) in [4.78, 5) is 7.01. The highest BCUT2D eigenvalue weighted by molar-refractivity contribution is 6.31. The number of aromatic nitrogens is 1. The molecule has 0 spiro atoms. The Hall–Kier alpha value is -1.32. The van der Waals surface area contributed by atoms with E-state index in [4.69, 9.17) is 21.3 Å². The van der Waals surface area contributed by atoms with E-state index in [-0.39, 0.29) is 0 Å². The van der Waals surface area contributed by atoms with Crippen molar-refractivity contribution in [1.29, 1.82) is 0 Å². The molecule has 22 heavy (non-hydrogen) atoms. The van der Waals surface area contributed by atoms with Crippen molar-refractivity contribution in [3.05, 3.63) is 34.5 Å². The van der Waals surface area contributed by atoms with Crippen molar-refractivity contribution in [3.8, 4) is 5.75 Å². The normalized spacial score (nSPS) is 14.9. The quantitative estimate of drug-likeness (QED) is 0.794. The second kappa shape index (κ2) is 6.84. The van der Waals surface area contributed by atoms with Crippen molar-refractivity contribution in [3.63, 3.8) is 0 Å². The molecule has 1 aromatic carbocycles. The van der Waals surface area contributed by atoms with E-state index in [0.29, 0.717) is 6.61 Å². The van der Waals surface area contributed by atoms with Gasteiger partial charge >= 0.3 is 0 Å². The molecule has 0 fully saturated rings. The lowest BCUT2D eigenvalue weighted by Gasteiger charge is -2.18. The molecule has 118 valence electrons. The summed E-state index contributed by atoms with van der Waals surface area (Å²) in [7, 11) is 4.12. The number of hydrogen-bond donors (Lipinski definition) is 0. The van der Waals surface area contributed by atoms with Crippen LogP contribution in [0.2, 0.25) is 5.02 Å². The summed E-state index contributed by atoms with van der Waals surface area (Å²) in [5, 5.41) is 1.78. The van der Waals surface area contributed by atoms with Crippen LogP contribution < -0.4 is 4.74 Å². The van der Waals surface area contributed by atoms with E-state index >= 15 is 0 Å². The largest absolute Gasteiger partial charge is 0.491 e. The van der Waals surface area contributed by atoms with Crippen LogP contribution >= 0.6 is 11.6 Å². The number of likely N-dealkylation sites (N-methyl/N-ethyl adjacent to an activating group) is 1. The maximum absolute atomic E-state index is 6.20. The molecule has 0 radical (unpaired) electrons. The van der Waals surface area contributed by atoms with Crippen molar-refractivity contribution in [2.75, 3.05) is 27.2 Å². The van der Waals surface area contributed by atoms with Crippen LogP contribution in [0.15, 0.2) is 18.2 Å². The highest BCUT2D eigenvalue weighted by atomic mass is 35.5. The highest BCUT2D eigenvalue weighted by Crippen LogP contribution is 2.35. The Labute approximate surface area is 137 Å². The molecule has 2 aromatic rings. The summed E-state index contributed by atoms with van der Waals surface area (Å²) in [5.41, 5.74) is 3.50. The fourth-order valence-corrected chi connectivity index (χ4v) is 3.20. The zero-order valence-electron chi connectivity index (χ0n) is 13.4. The first-order valence-electron chi connectivity index (χ1n) is 8.03. The van der Waals surface area contributed by atoms with Crippen LogP contribution in [-0.4, -0.2) is 37.1 Å². The zero-order chi connectivity index (χ0) is 15.5. The lowest BCUT2D eigenvalue weighted by atomic mass is 10.0. The van der Waals surface area contributed by atoms with Crippen molar-refractivity contribution in [2.24, 2.45) is 0 Å². The molecule has 1 aliphatic rings. The van der Waals surface area contributed by atoms with E-state index in [1.54, 1.807) is 0 Å². The Kier molecular flexibility index (Phi) is 4.84. The minimum Gasteiger partial charge on any atom is -0.491 e. The number of ether oxygens (including phenoxy) is 1. The molecule has 4 heteroatoms. The fourth-order valence-electron chi connectivity index (χ4n) is 3.02. The molecule has 3 rings (SSSR count). The van der Waals surface area contributed by atoms with Gasteiger partial charge in [0, 0.05) is 28.2 Å². The first-order valence-corrected chi connectivity index (χ1v) is 8.41. The molecule has 3 nitrogen and oxygen atoms in total. The summed E-state index contributed by atoms with van der Waals surface area (Å²) in [6.07, 6.45) is 5.81. The van der Waals surface area contributed by atoms with E-state index in [1.165, 1.54) is 30.5 Å². The maximum Gasteiger partial charge on any atom is 0.133 e. The Morgan fingerprint density at radius 2 is 2.00 bits per heavy atom. The predicted molar refractivity (Wildman–Crippen MR) is 92.1 cm³/mol. The summed E-state index contributed by atoms with van der Waals surface area (Å²) < 4.78 is 6.20. The number of halogens is 1. The third-order valence-electron chi connectivity index (χ3n) is 4.21. The van der Waals surface area contributed by atoms with E-state index in [9.17, 15) is 0 Å². The van der Waals surface area contributed by atoms with E-state index in [0.717, 1.165) is 41.1 Å². The fraction of sp³-hybridized carbons (Fsp3) is 0.500. The summed E-state index contributed by atoms with van der Waals surface area (Å²) in [5.74, 6) is 1.01. The predicted octanol–water partition coefficient (Wildman–Crippen LogP) is 4.10. The lowest BCUT2D eigenvalue weighted by Crippen LogP contribution is -2.20. The third-order valence-corrected chi connectivity index (χ3v) is 4.44. The van der Waals surface area contributed by atoms with Gasteiger partial charge in [-0.2, -0.15) is 0 Å². The van der Waals surface area contributed by atoms with E-state index in [2.05, 4.69) is 19.0 Å². The number of pyridine rings is 1. The Bertz CT molecular complexity index is 670. The number of nitrogens with zero attached hydrogens (tertiary/aromatic N) is 2. The van der Waals surface area contributed by atoms with Crippen molar-refractivity contribution < 1.29 is 4.74 Å². The number of benzene rings is 1. The van der Waals surface area contributed by atoms with Crippen molar-refractivity contribution >= 4 is 22.5 Å². The average Bonchev–Trinajstić information content (AvgIpc) is 2.72. The van der Waals surface area contributed by atoms with Gasteiger partial charge in [0.25, 0.3) is 0 Å². The van der Waals surface area contributed by atoms with Crippen LogP contribution in [0.1, 0.15) is 30.5 Å². The zero-order valence-corrected chi connectivity index (χ0v) is 14.1. The van der Waals surface area contributed by atoms with Crippen LogP contribution in [0, 0.1) is 0 Å². The molecule has 1 heterocycles. The molecule has 0 N–H and O–H groups in total. The third kappa shape index (κ3) is 3.36. The smallest absolute Gasteiger partial charge is 0.133 e. The molecule has 0 amide bonds. The van der Waals surface area contributed by atoms with Gasteiger partial charge < -0.3 is 9.64 Å². The Morgan fingerprint density at radius 1 is 1.18 bits per heavy atom. The number of fused-ring (bicyclic) bond motifs is 2. The number of rotatable bonds is 4. The molecular weight excluding hydrogens is 296 g/mol. The summed E-state index contributed by atoms with van der Waals surface area (Å²) in [6, 6.07) is 5.89. The van der Waals surface area contributed by atoms with E-state index < -0.39 is 0 Å². The molecular formula is C18H23ClN2O. The first-order chi connectivity index (χ1) is 10.6. The van der Waals surface area contributed by atoms with Crippen LogP contribution in [0.25, 0.3) is 10.9 Å². The van der Waals surface area contributed by atoms with Gasteiger partial charge in [0.05, 0.1) is 5.52 Å². The summed E-state index contributed by atoms with van der Waals surface area (Å²) >= 11 is 6.20. The molecule has 0 atom stereocenters. The molecule has 0 aliphatic heterocycles. The first kappa shape index (κ1) is 15.6. The van der Waals surface area contributed by atoms with Gasteiger partial charge in [-0.25, -0.2) is 0 Å². The molecule has 1 aliphatic carbocycles. The number of aryl methyl sites for hydroxylation is 1. The lowest BCUT2D eigenvalue weighted by molar-refractivity contribution is 0.261. The second-order valence-corrected chi connectivity index (χ2v) is 6.68. The minimum atomic E-state index is 0.686. The van der Waals surface area contributed by atoms with Crippen LogP contribution in [0.4, 0.5) is 0 Å². The number of hydrogen-bond acceptors (Lipinski definition) is 3. The molecule has 0 saturated carbocycles. The van der Waals surface area contributed by atoms with Gasteiger partial charge in [-0.05, 0) is 58.0 Å². The van der Waals surface area contributed by atoms with Crippen LogP contribution in [0.5, 0.6) is 5.75 Å². The monoisotopic (exact) mass is 318 g/mol. The van der Waals surface area contributed by atoms with Gasteiger partial charge in [-0.1, -0.05) is 18.0 Å². The maximum atomic E-state index is 6.20. The van der Waals surface area contributed by atoms with Gasteiger partial charge in [0.2, 0.25) is 0 Å². The summed E-state index contributed by atoms with van der Waals surface area (Å²) in [6.45, 7) is 1.59. The molecule has 0 unspecified atom stereocenters. The van der Waals surface area contributed by atoms with Crippen molar-refractivity contribution in [2.45, 2.75) is 32.1 Å². The Balaban J connectivity index is 2.06. The topological polar surface area (TPSA) is 25.4 Å². The van der Waals surface area contributed by atoms with Crippen LogP contribution in [-0.2, 0) is 12.8 Å². The highest BCUT2D eigenvalue weighted by Gasteiger charge is 2.18. The van der Waals surface area contributed by atoms with Crippen molar-refractivity contribution in [1.82, 2.24) is 9.88 Å². The van der Waals surface area contributed by atoms with Gasteiger partial charge in [-0.15, -0.1) is 0 Å². The standard InChI is InChI=1S/C18H23ClN2O/c1-21(2)10-11-22-18-14-6-4-3-5-7-16(14)20-17-9-8-13(19)12-15(17)18/h8-9,12H,3-7,10-11H2,1-2H3. The minimum absolute atomic E-state index is 0.686. The SMILES string of the molecule is CN(C)CCOc1c2c(nc3ccc(Cl)cc13)CCCCC2. The van der Waals surface area contributed by atoms with Crippen LogP contribution in [0.3, 0.4) is 0 Å². The average molecular weight is 319 g/mol. The second-order valence-electron chi connectivity index (χ2n) is 6.24. The van der Waals surface area contributed by atoms with Gasteiger partial charge in [-0.3, -0.25) is 4.98 Å². The molecule has 0 bridgehead atoms. The van der Waals surface area contributed by atoms with E-state index in [1.807, 2.05) is 18.2 Å². The van der Waals surface area contributed by atoms with Gasteiger partial charge in [0.15, 0.2) is 0 Å². The molecule has 1 aromatic heterocycles. The van der Waals surface area contributed by atoms with Gasteiger partial charge in [0.1, 0.15) is 12.4 Å². The Morgan fingerprint density at radius 3 is 2.82 bits per heavy atom.